The van der Waals surface area contributed by atoms with E-state index in [2.05, 4.69) is 15.9 Å². The molecule has 0 saturated heterocycles. The number of carbonyl (C=O) groups excluding carboxylic acids is 1. The van der Waals surface area contributed by atoms with Gasteiger partial charge in [0.2, 0.25) is 0 Å². The van der Waals surface area contributed by atoms with Gasteiger partial charge in [-0.15, -0.1) is 0 Å². The second-order valence-electron chi connectivity index (χ2n) is 2.74. The molecule has 0 heterocycles. The third kappa shape index (κ3) is 8.59. The van der Waals surface area contributed by atoms with Crippen molar-refractivity contribution in [1.29, 1.82) is 0 Å². The zero-order chi connectivity index (χ0) is 11.5. The Morgan fingerprint density at radius 2 is 2.27 bits per heavy atom. The Bertz CT molecular complexity index is 194. The fourth-order valence-corrected chi connectivity index (χ4v) is 1.30. The van der Waals surface area contributed by atoms with Crippen LogP contribution in [0.1, 0.15) is 13.3 Å². The highest BCUT2D eigenvalue weighted by atomic mass is 79.9. The minimum Gasteiger partial charge on any atom is -0.463 e. The number of hydrogen-bond acceptors (Lipinski definition) is 4. The molecule has 0 bridgehead atoms. The van der Waals surface area contributed by atoms with Crippen molar-refractivity contribution in [3.05, 3.63) is 12.2 Å². The maximum Gasteiger partial charge on any atom is 0.330 e. The lowest BCUT2D eigenvalue weighted by molar-refractivity contribution is -0.137. The van der Waals surface area contributed by atoms with Gasteiger partial charge in [-0.3, -0.25) is 0 Å². The zero-order valence-corrected chi connectivity index (χ0v) is 10.7. The van der Waals surface area contributed by atoms with Gasteiger partial charge in [-0.05, 0) is 13.3 Å². The summed E-state index contributed by atoms with van der Waals surface area (Å²) < 4.78 is 14.8. The Morgan fingerprint density at radius 1 is 1.53 bits per heavy atom. The van der Waals surface area contributed by atoms with Crippen LogP contribution in [0.4, 0.5) is 0 Å². The molecule has 0 saturated carbocycles. The summed E-state index contributed by atoms with van der Waals surface area (Å²) in [5.74, 6) is -0.322. The van der Waals surface area contributed by atoms with Crippen molar-refractivity contribution in [1.82, 2.24) is 0 Å². The molecule has 0 aliphatic rings. The molecule has 4 nitrogen and oxygen atoms in total. The van der Waals surface area contributed by atoms with Crippen LogP contribution in [0, 0.1) is 0 Å². The molecule has 1 atom stereocenters. The lowest BCUT2D eigenvalue weighted by Gasteiger charge is -2.11. The highest BCUT2D eigenvalue weighted by molar-refractivity contribution is 9.09. The Morgan fingerprint density at radius 3 is 2.80 bits per heavy atom. The first-order valence-corrected chi connectivity index (χ1v) is 5.86. The van der Waals surface area contributed by atoms with E-state index in [1.807, 2.05) is 0 Å². The first kappa shape index (κ1) is 14.6. The molecule has 0 aliphatic carbocycles. The lowest BCUT2D eigenvalue weighted by Crippen LogP contribution is -2.15. The van der Waals surface area contributed by atoms with E-state index in [-0.39, 0.29) is 18.9 Å². The van der Waals surface area contributed by atoms with Crippen LogP contribution in [0.25, 0.3) is 0 Å². The Hall–Kier alpha value is -0.390. The Kier molecular flexibility index (Phi) is 9.88. The first-order chi connectivity index (χ1) is 7.24. The molecular weight excluding hydrogens is 264 g/mol. The maximum atomic E-state index is 10.9. The molecule has 0 aromatic carbocycles. The van der Waals surface area contributed by atoms with Crippen LogP contribution in [0.3, 0.4) is 0 Å². The third-order valence-electron chi connectivity index (χ3n) is 1.53. The molecule has 15 heavy (non-hydrogen) atoms. The molecule has 0 rings (SSSR count). The molecule has 0 unspecified atom stereocenters. The van der Waals surface area contributed by atoms with E-state index in [1.165, 1.54) is 6.08 Å². The van der Waals surface area contributed by atoms with Gasteiger partial charge in [-0.25, -0.2) is 4.79 Å². The number of ether oxygens (including phenoxy) is 3. The topological polar surface area (TPSA) is 44.8 Å². The van der Waals surface area contributed by atoms with Gasteiger partial charge in [0.15, 0.2) is 0 Å². The number of halogens is 1. The molecule has 0 N–H and O–H groups in total. The highest BCUT2D eigenvalue weighted by Crippen LogP contribution is 2.04. The van der Waals surface area contributed by atoms with Crippen LogP contribution in [0.2, 0.25) is 0 Å². The number of hydrogen-bond donors (Lipinski definition) is 0. The molecule has 0 fully saturated rings. The van der Waals surface area contributed by atoms with Gasteiger partial charge in [0.25, 0.3) is 0 Å². The maximum absolute atomic E-state index is 10.9. The summed E-state index contributed by atoms with van der Waals surface area (Å²) in [4.78, 5) is 10.9. The molecule has 0 aliphatic heterocycles. The molecule has 5 heteroatoms. The number of alkyl halides is 1. The van der Waals surface area contributed by atoms with Gasteiger partial charge in [0.05, 0.1) is 12.7 Å². The van der Waals surface area contributed by atoms with Crippen molar-refractivity contribution >= 4 is 21.9 Å². The average molecular weight is 281 g/mol. The van der Waals surface area contributed by atoms with Gasteiger partial charge >= 0.3 is 5.97 Å². The standard InChI is InChI=1S/C10H17BrO4/c1-3-14-10(12)6-4-5-9(7-11)15-8-13-2/h4,6,9H,3,5,7-8H2,1-2H3/b6-4+/t9-/m0/s1. The van der Waals surface area contributed by atoms with E-state index in [1.54, 1.807) is 20.1 Å². The van der Waals surface area contributed by atoms with Gasteiger partial charge in [-0.1, -0.05) is 22.0 Å². The Labute approximate surface area is 98.7 Å². The zero-order valence-electron chi connectivity index (χ0n) is 9.07. The molecule has 88 valence electrons. The molecule has 0 aromatic rings. The second kappa shape index (κ2) is 10.1. The smallest absolute Gasteiger partial charge is 0.330 e. The van der Waals surface area contributed by atoms with Crippen LogP contribution < -0.4 is 0 Å². The summed E-state index contributed by atoms with van der Waals surface area (Å²) in [7, 11) is 1.57. The monoisotopic (exact) mass is 280 g/mol. The first-order valence-electron chi connectivity index (χ1n) is 4.74. The highest BCUT2D eigenvalue weighted by Gasteiger charge is 2.04. The second-order valence-corrected chi connectivity index (χ2v) is 3.39. The molecule has 0 radical (unpaired) electrons. The van der Waals surface area contributed by atoms with Crippen LogP contribution in [-0.2, 0) is 19.0 Å². The summed E-state index contributed by atoms with van der Waals surface area (Å²) in [6.45, 7) is 2.42. The van der Waals surface area contributed by atoms with Crippen molar-refractivity contribution < 1.29 is 19.0 Å². The van der Waals surface area contributed by atoms with E-state index in [0.717, 1.165) is 0 Å². The fourth-order valence-electron chi connectivity index (χ4n) is 0.846. The Balaban J connectivity index is 3.73. The summed E-state index contributed by atoms with van der Waals surface area (Å²) >= 11 is 3.31. The third-order valence-corrected chi connectivity index (χ3v) is 2.26. The SMILES string of the molecule is CCOC(=O)/C=C/C[C@@H](CBr)OCOC. The summed E-state index contributed by atoms with van der Waals surface area (Å²) in [6.07, 6.45) is 3.80. The van der Waals surface area contributed by atoms with Gasteiger partial charge in [0, 0.05) is 18.5 Å². The molecule has 0 aromatic heterocycles. The number of rotatable bonds is 8. The van der Waals surface area contributed by atoms with E-state index in [9.17, 15) is 4.79 Å². The predicted octanol–water partition coefficient (Wildman–Crippen LogP) is 1.88. The normalized spacial score (nSPS) is 13.0. The average Bonchev–Trinajstić information content (AvgIpc) is 2.23. The van der Waals surface area contributed by atoms with Crippen molar-refractivity contribution in [2.24, 2.45) is 0 Å². The quantitative estimate of drug-likeness (QED) is 0.295. The van der Waals surface area contributed by atoms with Gasteiger partial charge in [-0.2, -0.15) is 0 Å². The van der Waals surface area contributed by atoms with Crippen molar-refractivity contribution in [3.8, 4) is 0 Å². The number of methoxy groups -OCH3 is 1. The van der Waals surface area contributed by atoms with E-state index < -0.39 is 0 Å². The minimum absolute atomic E-state index is 0.00984. The summed E-state index contributed by atoms with van der Waals surface area (Å²) in [5, 5.41) is 0.698. The van der Waals surface area contributed by atoms with E-state index >= 15 is 0 Å². The summed E-state index contributed by atoms with van der Waals surface area (Å²) in [5.41, 5.74) is 0. The summed E-state index contributed by atoms with van der Waals surface area (Å²) in [6, 6.07) is 0. The number of esters is 1. The minimum atomic E-state index is -0.322. The van der Waals surface area contributed by atoms with Crippen molar-refractivity contribution in [3.63, 3.8) is 0 Å². The van der Waals surface area contributed by atoms with Crippen LogP contribution >= 0.6 is 15.9 Å². The predicted molar refractivity (Wildman–Crippen MR) is 60.9 cm³/mol. The number of carbonyl (C=O) groups is 1. The molecular formula is C10H17BrO4. The van der Waals surface area contributed by atoms with E-state index in [4.69, 9.17) is 14.2 Å². The van der Waals surface area contributed by atoms with Crippen molar-refractivity contribution in [2.75, 3.05) is 25.8 Å². The van der Waals surface area contributed by atoms with Gasteiger partial charge in [0.1, 0.15) is 6.79 Å². The van der Waals surface area contributed by atoms with Crippen LogP contribution in [0.5, 0.6) is 0 Å². The van der Waals surface area contributed by atoms with Crippen molar-refractivity contribution in [2.45, 2.75) is 19.4 Å². The lowest BCUT2D eigenvalue weighted by atomic mass is 10.2. The van der Waals surface area contributed by atoms with Crippen LogP contribution in [0.15, 0.2) is 12.2 Å². The largest absolute Gasteiger partial charge is 0.463 e. The fraction of sp³-hybridized carbons (Fsp3) is 0.700. The van der Waals surface area contributed by atoms with Gasteiger partial charge < -0.3 is 14.2 Å². The van der Waals surface area contributed by atoms with Crippen LogP contribution in [-0.4, -0.2) is 37.9 Å². The van der Waals surface area contributed by atoms with E-state index in [0.29, 0.717) is 18.4 Å². The molecule has 0 amide bonds. The molecule has 0 spiro atoms.